The van der Waals surface area contributed by atoms with Crippen molar-refractivity contribution >= 4 is 23.1 Å². The summed E-state index contributed by atoms with van der Waals surface area (Å²) in [4.78, 5) is 15.0. The van der Waals surface area contributed by atoms with Crippen molar-refractivity contribution in [1.29, 1.82) is 0 Å². The standard InChI is InChI=1S/C15H20N2O3S/c1-19-12-7-3-6-11(13(12)20-2)15(18)17-8-4-5-10(9-17)14(16)21/h3,6-7,10H,4-5,8-9H2,1-2H3,(H2,16,21). The van der Waals surface area contributed by atoms with E-state index in [4.69, 9.17) is 27.4 Å². The number of carbonyl (C=O) groups excluding carboxylic acids is 1. The van der Waals surface area contributed by atoms with E-state index in [2.05, 4.69) is 0 Å². The molecule has 0 aliphatic carbocycles. The highest BCUT2D eigenvalue weighted by molar-refractivity contribution is 7.80. The van der Waals surface area contributed by atoms with Gasteiger partial charge in [-0.2, -0.15) is 0 Å². The first kappa shape index (κ1) is 15.6. The predicted molar refractivity (Wildman–Crippen MR) is 85.0 cm³/mol. The van der Waals surface area contributed by atoms with Crippen molar-refractivity contribution in [2.75, 3.05) is 27.3 Å². The van der Waals surface area contributed by atoms with Gasteiger partial charge in [-0.15, -0.1) is 0 Å². The molecule has 1 amide bonds. The number of benzene rings is 1. The van der Waals surface area contributed by atoms with E-state index in [0.29, 0.717) is 35.1 Å². The van der Waals surface area contributed by atoms with Gasteiger partial charge in [0.2, 0.25) is 0 Å². The molecule has 1 atom stereocenters. The molecular weight excluding hydrogens is 288 g/mol. The topological polar surface area (TPSA) is 64.8 Å². The number of nitrogens with two attached hydrogens (primary N) is 1. The fraction of sp³-hybridized carbons (Fsp3) is 0.467. The van der Waals surface area contributed by atoms with Crippen LogP contribution < -0.4 is 15.2 Å². The molecule has 6 heteroatoms. The average molecular weight is 308 g/mol. The molecule has 114 valence electrons. The second-order valence-electron chi connectivity index (χ2n) is 5.03. The van der Waals surface area contributed by atoms with Crippen LogP contribution in [0, 0.1) is 5.92 Å². The van der Waals surface area contributed by atoms with E-state index < -0.39 is 0 Å². The summed E-state index contributed by atoms with van der Waals surface area (Å²) >= 11 is 5.05. The van der Waals surface area contributed by atoms with Gasteiger partial charge in [0.1, 0.15) is 0 Å². The first-order valence-electron chi connectivity index (χ1n) is 6.88. The predicted octanol–water partition coefficient (Wildman–Crippen LogP) is 1.84. The third-order valence-corrected chi connectivity index (χ3v) is 4.08. The molecule has 1 heterocycles. The summed E-state index contributed by atoms with van der Waals surface area (Å²) in [5.41, 5.74) is 6.22. The summed E-state index contributed by atoms with van der Waals surface area (Å²) in [5, 5.41) is 0. The van der Waals surface area contributed by atoms with Crippen LogP contribution in [0.3, 0.4) is 0 Å². The highest BCUT2D eigenvalue weighted by atomic mass is 32.1. The zero-order valence-corrected chi connectivity index (χ0v) is 13.1. The van der Waals surface area contributed by atoms with Crippen LogP contribution in [-0.2, 0) is 0 Å². The molecule has 0 spiro atoms. The number of carbonyl (C=O) groups is 1. The Hall–Kier alpha value is -1.82. The Labute approximate surface area is 130 Å². The minimum atomic E-state index is -0.0771. The smallest absolute Gasteiger partial charge is 0.257 e. The molecule has 2 N–H and O–H groups in total. The number of piperidine rings is 1. The molecular formula is C15H20N2O3S. The largest absolute Gasteiger partial charge is 0.493 e. The van der Waals surface area contributed by atoms with Crippen LogP contribution in [0.2, 0.25) is 0 Å². The van der Waals surface area contributed by atoms with Gasteiger partial charge < -0.3 is 20.1 Å². The first-order chi connectivity index (χ1) is 10.1. The van der Waals surface area contributed by atoms with Crippen molar-refractivity contribution in [1.82, 2.24) is 4.90 Å². The third kappa shape index (κ3) is 3.26. The molecule has 0 bridgehead atoms. The Bertz CT molecular complexity index is 548. The number of ether oxygens (including phenoxy) is 2. The molecule has 5 nitrogen and oxygen atoms in total. The Morgan fingerprint density at radius 1 is 1.38 bits per heavy atom. The third-order valence-electron chi connectivity index (χ3n) is 3.74. The summed E-state index contributed by atoms with van der Waals surface area (Å²) in [5.74, 6) is 1.02. The number of hydrogen-bond donors (Lipinski definition) is 1. The molecule has 1 fully saturated rings. The Kier molecular flexibility index (Phi) is 5.01. The van der Waals surface area contributed by atoms with E-state index in [0.717, 1.165) is 12.8 Å². The highest BCUT2D eigenvalue weighted by Gasteiger charge is 2.28. The molecule has 0 saturated carbocycles. The second kappa shape index (κ2) is 6.76. The fourth-order valence-corrected chi connectivity index (χ4v) is 2.81. The zero-order valence-electron chi connectivity index (χ0n) is 12.3. The number of rotatable bonds is 4. The van der Waals surface area contributed by atoms with Crippen molar-refractivity contribution in [2.24, 2.45) is 11.7 Å². The summed E-state index contributed by atoms with van der Waals surface area (Å²) in [7, 11) is 3.08. The molecule has 21 heavy (non-hydrogen) atoms. The average Bonchev–Trinajstić information content (AvgIpc) is 2.53. The van der Waals surface area contributed by atoms with E-state index in [1.165, 1.54) is 7.11 Å². The van der Waals surface area contributed by atoms with E-state index in [1.54, 1.807) is 30.2 Å². The fourth-order valence-electron chi connectivity index (χ4n) is 2.62. The SMILES string of the molecule is COc1cccc(C(=O)N2CCCC(C(N)=S)C2)c1OC. The van der Waals surface area contributed by atoms with Crippen LogP contribution in [0.4, 0.5) is 0 Å². The molecule has 0 aromatic heterocycles. The minimum absolute atomic E-state index is 0.0771. The lowest BCUT2D eigenvalue weighted by Crippen LogP contribution is -2.43. The Morgan fingerprint density at radius 2 is 2.14 bits per heavy atom. The lowest BCUT2D eigenvalue weighted by atomic mass is 9.97. The van der Waals surface area contributed by atoms with E-state index in [9.17, 15) is 4.79 Å². The van der Waals surface area contributed by atoms with E-state index >= 15 is 0 Å². The highest BCUT2D eigenvalue weighted by Crippen LogP contribution is 2.32. The zero-order chi connectivity index (χ0) is 15.4. The first-order valence-corrected chi connectivity index (χ1v) is 7.29. The molecule has 2 rings (SSSR count). The molecule has 1 aromatic carbocycles. The van der Waals surface area contributed by atoms with Crippen molar-refractivity contribution in [3.63, 3.8) is 0 Å². The summed E-state index contributed by atoms with van der Waals surface area (Å²) in [6, 6.07) is 5.29. The molecule has 0 radical (unpaired) electrons. The van der Waals surface area contributed by atoms with Gasteiger partial charge >= 0.3 is 0 Å². The number of nitrogens with zero attached hydrogens (tertiary/aromatic N) is 1. The maximum atomic E-state index is 12.7. The summed E-state index contributed by atoms with van der Waals surface area (Å²) < 4.78 is 10.6. The van der Waals surface area contributed by atoms with Gasteiger partial charge in [-0.05, 0) is 25.0 Å². The molecule has 1 aromatic rings. The van der Waals surface area contributed by atoms with Crippen LogP contribution in [-0.4, -0.2) is 43.1 Å². The Morgan fingerprint density at radius 3 is 2.76 bits per heavy atom. The number of hydrogen-bond acceptors (Lipinski definition) is 4. The summed E-state index contributed by atoms with van der Waals surface area (Å²) in [6.07, 6.45) is 1.84. The van der Waals surface area contributed by atoms with E-state index in [-0.39, 0.29) is 11.8 Å². The van der Waals surface area contributed by atoms with Gasteiger partial charge in [-0.3, -0.25) is 4.79 Å². The maximum Gasteiger partial charge on any atom is 0.257 e. The van der Waals surface area contributed by atoms with Gasteiger partial charge in [-0.1, -0.05) is 18.3 Å². The molecule has 1 saturated heterocycles. The second-order valence-corrected chi connectivity index (χ2v) is 5.51. The van der Waals surface area contributed by atoms with Gasteiger partial charge in [0.15, 0.2) is 11.5 Å². The van der Waals surface area contributed by atoms with Crippen molar-refractivity contribution in [2.45, 2.75) is 12.8 Å². The monoisotopic (exact) mass is 308 g/mol. The van der Waals surface area contributed by atoms with Gasteiger partial charge in [0, 0.05) is 19.0 Å². The van der Waals surface area contributed by atoms with Crippen LogP contribution in [0.15, 0.2) is 18.2 Å². The van der Waals surface area contributed by atoms with Crippen LogP contribution in [0.1, 0.15) is 23.2 Å². The number of amides is 1. The molecule has 1 unspecified atom stereocenters. The lowest BCUT2D eigenvalue weighted by molar-refractivity contribution is 0.0699. The lowest BCUT2D eigenvalue weighted by Gasteiger charge is -2.32. The number of para-hydroxylation sites is 1. The maximum absolute atomic E-state index is 12.7. The van der Waals surface area contributed by atoms with Crippen molar-refractivity contribution < 1.29 is 14.3 Å². The minimum Gasteiger partial charge on any atom is -0.493 e. The van der Waals surface area contributed by atoms with Gasteiger partial charge in [-0.25, -0.2) is 0 Å². The quantitative estimate of drug-likeness (QED) is 0.860. The number of methoxy groups -OCH3 is 2. The normalized spacial score (nSPS) is 18.2. The van der Waals surface area contributed by atoms with Crippen molar-refractivity contribution in [3.8, 4) is 11.5 Å². The van der Waals surface area contributed by atoms with Crippen LogP contribution in [0.5, 0.6) is 11.5 Å². The van der Waals surface area contributed by atoms with Crippen LogP contribution in [0.25, 0.3) is 0 Å². The molecule has 1 aliphatic heterocycles. The number of thiocarbonyl (C=S) groups is 1. The van der Waals surface area contributed by atoms with Gasteiger partial charge in [0.05, 0.1) is 24.8 Å². The van der Waals surface area contributed by atoms with Gasteiger partial charge in [0.25, 0.3) is 5.91 Å². The van der Waals surface area contributed by atoms with E-state index in [1.807, 2.05) is 0 Å². The summed E-state index contributed by atoms with van der Waals surface area (Å²) in [6.45, 7) is 1.27. The number of likely N-dealkylation sites (tertiary alicyclic amines) is 1. The van der Waals surface area contributed by atoms with Crippen LogP contribution >= 0.6 is 12.2 Å². The van der Waals surface area contributed by atoms with Crippen molar-refractivity contribution in [3.05, 3.63) is 23.8 Å². The Balaban J connectivity index is 2.25. The molecule has 1 aliphatic rings.